The first-order valence-electron chi connectivity index (χ1n) is 5.93. The summed E-state index contributed by atoms with van der Waals surface area (Å²) < 4.78 is 0. The quantitative estimate of drug-likeness (QED) is 0.485. The highest BCUT2D eigenvalue weighted by Gasteiger charge is 2.43. The van der Waals surface area contributed by atoms with Crippen LogP contribution < -0.4 is 11.5 Å². The number of carbonyl (C=O) groups is 2. The zero-order valence-corrected chi connectivity index (χ0v) is 10.5. The molecular formula is C13H18N2O4. The number of benzene rings is 1. The summed E-state index contributed by atoms with van der Waals surface area (Å²) >= 11 is 0. The van der Waals surface area contributed by atoms with Gasteiger partial charge in [-0.2, -0.15) is 0 Å². The van der Waals surface area contributed by atoms with Crippen molar-refractivity contribution in [1.29, 1.82) is 0 Å². The summed E-state index contributed by atoms with van der Waals surface area (Å²) in [4.78, 5) is 22.1. The molecule has 1 aromatic rings. The number of aryl methyl sites for hydroxylation is 1. The second-order valence-electron chi connectivity index (χ2n) is 4.42. The molecule has 1 unspecified atom stereocenters. The largest absolute Gasteiger partial charge is 0.369 e. The molecule has 19 heavy (non-hydrogen) atoms. The second-order valence-corrected chi connectivity index (χ2v) is 4.42. The van der Waals surface area contributed by atoms with E-state index in [9.17, 15) is 19.8 Å². The molecule has 6 N–H and O–H groups in total. The van der Waals surface area contributed by atoms with Gasteiger partial charge in [0.1, 0.15) is 5.92 Å². The Labute approximate surface area is 111 Å². The maximum absolute atomic E-state index is 11.2. The first-order valence-corrected chi connectivity index (χ1v) is 5.93. The average Bonchev–Trinajstić information content (AvgIpc) is 2.35. The topological polar surface area (TPSA) is 127 Å². The van der Waals surface area contributed by atoms with Crippen molar-refractivity contribution in [3.63, 3.8) is 0 Å². The van der Waals surface area contributed by atoms with Crippen molar-refractivity contribution >= 4 is 11.8 Å². The van der Waals surface area contributed by atoms with E-state index in [2.05, 4.69) is 0 Å². The first-order chi connectivity index (χ1) is 8.85. The van der Waals surface area contributed by atoms with Crippen LogP contribution in [0.5, 0.6) is 0 Å². The third-order valence-corrected chi connectivity index (χ3v) is 2.99. The van der Waals surface area contributed by atoms with E-state index in [1.807, 2.05) is 30.3 Å². The second kappa shape index (κ2) is 6.31. The van der Waals surface area contributed by atoms with Crippen LogP contribution in [0.25, 0.3) is 0 Å². The highest BCUT2D eigenvalue weighted by Crippen LogP contribution is 2.21. The number of carbonyl (C=O) groups excluding carboxylic acids is 2. The van der Waals surface area contributed by atoms with Crippen molar-refractivity contribution in [2.24, 2.45) is 17.4 Å². The Balaban J connectivity index is 2.61. The predicted molar refractivity (Wildman–Crippen MR) is 68.4 cm³/mol. The summed E-state index contributed by atoms with van der Waals surface area (Å²) in [6, 6.07) is 9.48. The molecule has 0 aromatic heterocycles. The van der Waals surface area contributed by atoms with Gasteiger partial charge in [-0.05, 0) is 24.8 Å². The lowest BCUT2D eigenvalue weighted by molar-refractivity contribution is -0.204. The highest BCUT2D eigenvalue weighted by atomic mass is 16.5. The van der Waals surface area contributed by atoms with Gasteiger partial charge in [-0.1, -0.05) is 30.3 Å². The SMILES string of the molecule is NC(=O)C(CCCc1ccccc1)C(O)(O)C(N)=O. The van der Waals surface area contributed by atoms with Crippen molar-refractivity contribution in [3.05, 3.63) is 35.9 Å². The van der Waals surface area contributed by atoms with Crippen molar-refractivity contribution in [1.82, 2.24) is 0 Å². The van der Waals surface area contributed by atoms with Crippen molar-refractivity contribution in [2.45, 2.75) is 25.0 Å². The molecule has 0 aliphatic carbocycles. The lowest BCUT2D eigenvalue weighted by atomic mass is 9.90. The van der Waals surface area contributed by atoms with Crippen LogP contribution in [-0.2, 0) is 16.0 Å². The molecule has 0 saturated heterocycles. The molecular weight excluding hydrogens is 248 g/mol. The lowest BCUT2D eigenvalue weighted by Gasteiger charge is -2.25. The minimum Gasteiger partial charge on any atom is -0.369 e. The minimum atomic E-state index is -2.90. The molecule has 0 fully saturated rings. The molecule has 1 rings (SSSR count). The summed E-state index contributed by atoms with van der Waals surface area (Å²) in [5, 5.41) is 19.0. The summed E-state index contributed by atoms with van der Waals surface area (Å²) in [7, 11) is 0. The number of nitrogens with two attached hydrogens (primary N) is 2. The fraction of sp³-hybridized carbons (Fsp3) is 0.385. The smallest absolute Gasteiger partial charge is 0.278 e. The number of rotatable bonds is 7. The number of aliphatic hydroxyl groups is 2. The van der Waals surface area contributed by atoms with Gasteiger partial charge in [0.05, 0.1) is 0 Å². The minimum absolute atomic E-state index is 0.0696. The highest BCUT2D eigenvalue weighted by molar-refractivity contribution is 5.89. The van der Waals surface area contributed by atoms with Crippen LogP contribution in [0.2, 0.25) is 0 Å². The Morgan fingerprint density at radius 1 is 1.16 bits per heavy atom. The van der Waals surface area contributed by atoms with Gasteiger partial charge in [-0.15, -0.1) is 0 Å². The summed E-state index contributed by atoms with van der Waals surface area (Å²) in [6.07, 6.45) is 1.19. The van der Waals surface area contributed by atoms with Crippen LogP contribution >= 0.6 is 0 Å². The molecule has 0 radical (unpaired) electrons. The van der Waals surface area contributed by atoms with E-state index in [1.165, 1.54) is 0 Å². The molecule has 0 spiro atoms. The number of amides is 2. The zero-order valence-electron chi connectivity index (χ0n) is 10.5. The molecule has 0 aliphatic rings. The van der Waals surface area contributed by atoms with Crippen LogP contribution in [0.3, 0.4) is 0 Å². The summed E-state index contributed by atoms with van der Waals surface area (Å²) in [5.41, 5.74) is 11.0. The van der Waals surface area contributed by atoms with E-state index in [0.29, 0.717) is 12.8 Å². The van der Waals surface area contributed by atoms with Gasteiger partial charge in [0, 0.05) is 0 Å². The van der Waals surface area contributed by atoms with E-state index >= 15 is 0 Å². The molecule has 0 aliphatic heterocycles. The molecule has 0 bridgehead atoms. The van der Waals surface area contributed by atoms with Gasteiger partial charge in [0.2, 0.25) is 5.91 Å². The maximum Gasteiger partial charge on any atom is 0.278 e. The van der Waals surface area contributed by atoms with Crippen LogP contribution in [0, 0.1) is 5.92 Å². The normalized spacial score (nSPS) is 12.9. The van der Waals surface area contributed by atoms with Gasteiger partial charge in [-0.25, -0.2) is 0 Å². The fourth-order valence-corrected chi connectivity index (χ4v) is 1.87. The Morgan fingerprint density at radius 3 is 2.21 bits per heavy atom. The van der Waals surface area contributed by atoms with Gasteiger partial charge < -0.3 is 21.7 Å². The molecule has 6 nitrogen and oxygen atoms in total. The predicted octanol–water partition coefficient (Wildman–Crippen LogP) is -0.723. The van der Waals surface area contributed by atoms with Crippen LogP contribution in [0.1, 0.15) is 18.4 Å². The van der Waals surface area contributed by atoms with Crippen molar-refractivity contribution < 1.29 is 19.8 Å². The van der Waals surface area contributed by atoms with E-state index in [1.54, 1.807) is 0 Å². The van der Waals surface area contributed by atoms with Gasteiger partial charge in [0.25, 0.3) is 11.7 Å². The lowest BCUT2D eigenvalue weighted by Crippen LogP contribution is -2.54. The Bertz CT molecular complexity index is 445. The monoisotopic (exact) mass is 266 g/mol. The van der Waals surface area contributed by atoms with Gasteiger partial charge in [-0.3, -0.25) is 9.59 Å². The van der Waals surface area contributed by atoms with Crippen molar-refractivity contribution in [3.8, 4) is 0 Å². The Kier molecular flexibility index (Phi) is 5.02. The third kappa shape index (κ3) is 4.04. The molecule has 0 saturated carbocycles. The van der Waals surface area contributed by atoms with E-state index in [-0.39, 0.29) is 6.42 Å². The molecule has 0 heterocycles. The van der Waals surface area contributed by atoms with Gasteiger partial charge >= 0.3 is 0 Å². The first kappa shape index (κ1) is 15.1. The van der Waals surface area contributed by atoms with Crippen LogP contribution in [0.15, 0.2) is 30.3 Å². The van der Waals surface area contributed by atoms with E-state index in [4.69, 9.17) is 11.5 Å². The Hall–Kier alpha value is -1.92. The maximum atomic E-state index is 11.2. The van der Waals surface area contributed by atoms with Gasteiger partial charge in [0.15, 0.2) is 0 Å². The number of hydrogen-bond donors (Lipinski definition) is 4. The number of hydrogen-bond acceptors (Lipinski definition) is 4. The molecule has 1 atom stereocenters. The van der Waals surface area contributed by atoms with Crippen LogP contribution in [-0.4, -0.2) is 27.8 Å². The van der Waals surface area contributed by atoms with E-state index < -0.39 is 23.5 Å². The van der Waals surface area contributed by atoms with Crippen LogP contribution in [0.4, 0.5) is 0 Å². The molecule has 104 valence electrons. The summed E-state index contributed by atoms with van der Waals surface area (Å²) in [6.45, 7) is 0. The molecule has 6 heteroatoms. The summed E-state index contributed by atoms with van der Waals surface area (Å²) in [5.74, 6) is -6.65. The standard InChI is InChI=1S/C13H18N2O4/c14-11(16)10(13(18,19)12(15)17)8-4-7-9-5-2-1-3-6-9/h1-3,5-6,10,18-19H,4,7-8H2,(H2,14,16)(H2,15,17). The van der Waals surface area contributed by atoms with Crippen molar-refractivity contribution in [2.75, 3.05) is 0 Å². The number of primary amides is 2. The average molecular weight is 266 g/mol. The Morgan fingerprint density at radius 2 is 1.74 bits per heavy atom. The fourth-order valence-electron chi connectivity index (χ4n) is 1.87. The zero-order chi connectivity index (χ0) is 14.5. The molecule has 1 aromatic carbocycles. The third-order valence-electron chi connectivity index (χ3n) is 2.99. The van der Waals surface area contributed by atoms with E-state index in [0.717, 1.165) is 5.56 Å². The molecule has 2 amide bonds.